The van der Waals surface area contributed by atoms with Crippen LogP contribution >= 0.6 is 0 Å². The number of aryl methyl sites for hydroxylation is 1. The normalized spacial score (nSPS) is 11.9. The van der Waals surface area contributed by atoms with Crippen LogP contribution in [-0.4, -0.2) is 66.5 Å². The molecule has 0 unspecified atom stereocenters. The molecule has 2 heterocycles. The number of aromatic nitrogens is 6. The number of aromatic amines is 1. The first-order valence-electron chi connectivity index (χ1n) is 12.1. The number of unbranched alkanes of at least 4 members (excludes halogenated alkanes) is 1. The van der Waals surface area contributed by atoms with E-state index < -0.39 is 5.97 Å². The first kappa shape index (κ1) is 26.8. The molecule has 3 rings (SSSR count). The van der Waals surface area contributed by atoms with Crippen molar-refractivity contribution in [3.05, 3.63) is 46.4 Å². The van der Waals surface area contributed by atoms with Crippen LogP contribution in [0.2, 0.25) is 0 Å². The van der Waals surface area contributed by atoms with Gasteiger partial charge in [-0.1, -0.05) is 37.1 Å². The second kappa shape index (κ2) is 13.3. The Morgan fingerprint density at radius 2 is 2.08 bits per heavy atom. The molecule has 6 N–H and O–H groups in total. The third kappa shape index (κ3) is 7.60. The lowest BCUT2D eigenvalue weighted by atomic mass is 9.97. The maximum Gasteiger partial charge on any atom is 0.303 e. The molecule has 0 aliphatic carbocycles. The van der Waals surface area contributed by atoms with E-state index in [4.69, 9.17) is 10.5 Å². The molecule has 1 atom stereocenters. The number of methoxy groups -OCH3 is 1. The summed E-state index contributed by atoms with van der Waals surface area (Å²) in [5.74, 6) is 0.931. The zero-order chi connectivity index (χ0) is 25.9. The first-order chi connectivity index (χ1) is 17.4. The van der Waals surface area contributed by atoms with Gasteiger partial charge in [-0.05, 0) is 30.0 Å². The Balaban J connectivity index is 2.01. The van der Waals surface area contributed by atoms with E-state index in [0.29, 0.717) is 42.3 Å². The van der Waals surface area contributed by atoms with Gasteiger partial charge in [0.05, 0.1) is 19.2 Å². The summed E-state index contributed by atoms with van der Waals surface area (Å²) < 4.78 is 5.62. The standard InChI is InChI=1S/C24H34N8O4/c1-3-4-5-17(10-11-33)26-23-18(19(7-9-22(34)35)27-24(25)28-23)14-16-12-15(6-8-20(16)36-2)13-21-29-31-32-30-21/h6,8,12,17,33H,3-5,7,9-11,13-14H2,1-2H3,(H,34,35)(H3,25,26,27,28)(H,29,30,31,32)/t17-/m0/s1. The molecule has 194 valence electrons. The topological polar surface area (TPSA) is 185 Å². The van der Waals surface area contributed by atoms with Crippen LogP contribution in [0.1, 0.15) is 67.2 Å². The lowest BCUT2D eigenvalue weighted by Gasteiger charge is -2.22. The number of aliphatic hydroxyl groups is 1. The molecule has 0 aliphatic rings. The SMILES string of the molecule is CCCC[C@@H](CCO)Nc1nc(N)nc(CCC(=O)O)c1Cc1cc(Cc2nn[nH]n2)ccc1OC. The van der Waals surface area contributed by atoms with Crippen LogP contribution in [0.5, 0.6) is 5.75 Å². The number of nitrogens with two attached hydrogens (primary N) is 1. The molecular weight excluding hydrogens is 464 g/mol. The number of carbonyl (C=O) groups is 1. The van der Waals surface area contributed by atoms with Crippen molar-refractivity contribution in [3.8, 4) is 5.75 Å². The minimum Gasteiger partial charge on any atom is -0.496 e. The van der Waals surface area contributed by atoms with Crippen LogP contribution in [0.25, 0.3) is 0 Å². The van der Waals surface area contributed by atoms with Crippen molar-refractivity contribution >= 4 is 17.7 Å². The van der Waals surface area contributed by atoms with Gasteiger partial charge < -0.3 is 26.0 Å². The van der Waals surface area contributed by atoms with Crippen molar-refractivity contribution in [3.63, 3.8) is 0 Å². The molecule has 2 aromatic heterocycles. The number of rotatable bonds is 15. The van der Waals surface area contributed by atoms with E-state index in [-0.39, 0.29) is 31.4 Å². The predicted molar refractivity (Wildman–Crippen MR) is 134 cm³/mol. The summed E-state index contributed by atoms with van der Waals surface area (Å²) >= 11 is 0. The molecule has 3 aromatic rings. The largest absolute Gasteiger partial charge is 0.496 e. The molecule has 36 heavy (non-hydrogen) atoms. The molecule has 1 aromatic carbocycles. The van der Waals surface area contributed by atoms with Gasteiger partial charge in [-0.3, -0.25) is 4.79 Å². The molecule has 0 saturated heterocycles. The van der Waals surface area contributed by atoms with E-state index in [1.54, 1.807) is 7.11 Å². The lowest BCUT2D eigenvalue weighted by Crippen LogP contribution is -2.24. The van der Waals surface area contributed by atoms with E-state index in [0.717, 1.165) is 36.0 Å². The average molecular weight is 499 g/mol. The molecular formula is C24H34N8O4. The number of tetrazole rings is 1. The number of H-pyrrole nitrogens is 1. The maximum atomic E-state index is 11.3. The molecule has 12 nitrogen and oxygen atoms in total. The van der Waals surface area contributed by atoms with Crippen molar-refractivity contribution in [1.82, 2.24) is 30.6 Å². The number of carboxylic acid groups (broad SMARTS) is 1. The lowest BCUT2D eigenvalue weighted by molar-refractivity contribution is -0.136. The van der Waals surface area contributed by atoms with Crippen molar-refractivity contribution in [1.29, 1.82) is 0 Å². The van der Waals surface area contributed by atoms with Crippen molar-refractivity contribution in [2.45, 2.75) is 64.3 Å². The number of nitrogens with one attached hydrogen (secondary N) is 2. The van der Waals surface area contributed by atoms with Crippen LogP contribution in [-0.2, 0) is 24.1 Å². The van der Waals surface area contributed by atoms with Crippen molar-refractivity contribution in [2.75, 3.05) is 24.8 Å². The van der Waals surface area contributed by atoms with Gasteiger partial charge in [0.2, 0.25) is 5.95 Å². The third-order valence-corrected chi connectivity index (χ3v) is 5.87. The second-order valence-electron chi connectivity index (χ2n) is 8.57. The van der Waals surface area contributed by atoms with Gasteiger partial charge in [0, 0.05) is 37.5 Å². The number of ether oxygens (including phenoxy) is 1. The number of hydrogen-bond donors (Lipinski definition) is 5. The molecule has 0 amide bonds. The average Bonchev–Trinajstić information content (AvgIpc) is 3.36. The highest BCUT2D eigenvalue weighted by atomic mass is 16.5. The smallest absolute Gasteiger partial charge is 0.303 e. The fourth-order valence-corrected chi connectivity index (χ4v) is 4.09. The van der Waals surface area contributed by atoms with Crippen molar-refractivity contribution in [2.24, 2.45) is 0 Å². The highest BCUT2D eigenvalue weighted by Gasteiger charge is 2.20. The van der Waals surface area contributed by atoms with Crippen LogP contribution in [0.3, 0.4) is 0 Å². The summed E-state index contributed by atoms with van der Waals surface area (Å²) in [7, 11) is 1.60. The molecule has 0 saturated carbocycles. The number of nitrogen functional groups attached to an aromatic ring is 1. The van der Waals surface area contributed by atoms with E-state index in [2.05, 4.69) is 42.8 Å². The van der Waals surface area contributed by atoms with Crippen molar-refractivity contribution < 1.29 is 19.7 Å². The van der Waals surface area contributed by atoms with Gasteiger partial charge >= 0.3 is 5.97 Å². The van der Waals surface area contributed by atoms with Gasteiger partial charge in [0.25, 0.3) is 0 Å². The summed E-state index contributed by atoms with van der Waals surface area (Å²) in [5.41, 5.74) is 9.18. The van der Waals surface area contributed by atoms with Crippen LogP contribution in [0.4, 0.5) is 11.8 Å². The number of carboxylic acids is 1. The van der Waals surface area contributed by atoms with Crippen LogP contribution in [0, 0.1) is 0 Å². The quantitative estimate of drug-likeness (QED) is 0.207. The van der Waals surface area contributed by atoms with E-state index >= 15 is 0 Å². The molecule has 0 fully saturated rings. The first-order valence-corrected chi connectivity index (χ1v) is 12.1. The van der Waals surface area contributed by atoms with Gasteiger partial charge in [0.15, 0.2) is 5.82 Å². The number of benzene rings is 1. The minimum atomic E-state index is -0.923. The number of nitrogens with zero attached hydrogens (tertiary/aromatic N) is 5. The Hall–Kier alpha value is -3.80. The van der Waals surface area contributed by atoms with Gasteiger partial charge in [-0.2, -0.15) is 10.2 Å². The van der Waals surface area contributed by atoms with Crippen LogP contribution in [0.15, 0.2) is 18.2 Å². The van der Waals surface area contributed by atoms with E-state index in [9.17, 15) is 15.0 Å². The Kier molecular flexibility index (Phi) is 9.92. The number of aliphatic hydroxyl groups excluding tert-OH is 1. The fourth-order valence-electron chi connectivity index (χ4n) is 4.09. The summed E-state index contributed by atoms with van der Waals surface area (Å²) in [6, 6.07) is 5.80. The third-order valence-electron chi connectivity index (χ3n) is 5.87. The molecule has 0 radical (unpaired) electrons. The zero-order valence-corrected chi connectivity index (χ0v) is 20.7. The van der Waals surface area contributed by atoms with Gasteiger partial charge in [0.1, 0.15) is 11.6 Å². The summed E-state index contributed by atoms with van der Waals surface area (Å²) in [4.78, 5) is 20.2. The molecule has 0 bridgehead atoms. The predicted octanol–water partition coefficient (Wildman–Crippen LogP) is 2.13. The fraction of sp³-hybridized carbons (Fsp3) is 0.500. The monoisotopic (exact) mass is 498 g/mol. The summed E-state index contributed by atoms with van der Waals surface area (Å²) in [5, 5.41) is 36.4. The summed E-state index contributed by atoms with van der Waals surface area (Å²) in [6.45, 7) is 2.15. The Morgan fingerprint density at radius 1 is 1.25 bits per heavy atom. The Morgan fingerprint density at radius 3 is 2.75 bits per heavy atom. The number of hydrogen-bond acceptors (Lipinski definition) is 10. The summed E-state index contributed by atoms with van der Waals surface area (Å²) in [6.07, 6.45) is 4.41. The number of aliphatic carboxylic acids is 1. The van der Waals surface area contributed by atoms with Gasteiger partial charge in [-0.25, -0.2) is 4.98 Å². The second-order valence-corrected chi connectivity index (χ2v) is 8.57. The Labute approximate surface area is 209 Å². The highest BCUT2D eigenvalue weighted by Crippen LogP contribution is 2.29. The Bertz CT molecular complexity index is 1120. The molecule has 0 spiro atoms. The van der Waals surface area contributed by atoms with Gasteiger partial charge in [-0.15, -0.1) is 10.2 Å². The van der Waals surface area contributed by atoms with E-state index in [1.807, 2.05) is 18.2 Å². The van der Waals surface area contributed by atoms with E-state index in [1.165, 1.54) is 0 Å². The number of anilines is 2. The minimum absolute atomic E-state index is 0.0122. The highest BCUT2D eigenvalue weighted by molar-refractivity contribution is 5.67. The zero-order valence-electron chi connectivity index (χ0n) is 20.7. The molecule has 0 aliphatic heterocycles. The molecule has 12 heteroatoms. The maximum absolute atomic E-state index is 11.3. The van der Waals surface area contributed by atoms with Crippen LogP contribution < -0.4 is 15.8 Å².